The number of carbonyl (C=O) groups is 1. The molecule has 0 bridgehead atoms. The zero-order chi connectivity index (χ0) is 20.3. The zero-order valence-electron chi connectivity index (χ0n) is 16.1. The van der Waals surface area contributed by atoms with Crippen LogP contribution < -0.4 is 21.0 Å². The third kappa shape index (κ3) is 3.91. The summed E-state index contributed by atoms with van der Waals surface area (Å²) in [5, 5.41) is 10.8. The van der Waals surface area contributed by atoms with Crippen LogP contribution in [0.15, 0.2) is 63.4 Å². The second-order valence-corrected chi connectivity index (χ2v) is 9.01. The number of hydrazone groups is 1. The maximum absolute atomic E-state index is 12.2. The van der Waals surface area contributed by atoms with Crippen LogP contribution >= 0.6 is 23.1 Å². The molecule has 0 saturated heterocycles. The van der Waals surface area contributed by atoms with Gasteiger partial charge in [0.1, 0.15) is 0 Å². The molecule has 2 aliphatic heterocycles. The lowest BCUT2D eigenvalue weighted by molar-refractivity contribution is 0.252. The highest BCUT2D eigenvalue weighted by molar-refractivity contribution is 7.99. The molecule has 2 aromatic carbocycles. The first-order valence-corrected chi connectivity index (χ1v) is 11.3. The van der Waals surface area contributed by atoms with Crippen LogP contribution in [-0.2, 0) is 13.0 Å². The fourth-order valence-electron chi connectivity index (χ4n) is 3.51. The van der Waals surface area contributed by atoms with E-state index in [2.05, 4.69) is 55.3 Å². The molecule has 0 unspecified atom stereocenters. The summed E-state index contributed by atoms with van der Waals surface area (Å²) in [4.78, 5) is 22.5. The summed E-state index contributed by atoms with van der Waals surface area (Å²) in [6, 6.07) is 16.2. The Hall–Kier alpha value is -2.88. The molecule has 30 heavy (non-hydrogen) atoms. The van der Waals surface area contributed by atoms with E-state index >= 15 is 0 Å². The van der Waals surface area contributed by atoms with Crippen molar-refractivity contribution in [2.24, 2.45) is 5.10 Å². The molecule has 0 fully saturated rings. The molecule has 0 saturated carbocycles. The minimum atomic E-state index is -0.389. The Balaban J connectivity index is 1.23. The van der Waals surface area contributed by atoms with E-state index < -0.39 is 0 Å². The summed E-state index contributed by atoms with van der Waals surface area (Å²) >= 11 is 3.27. The van der Waals surface area contributed by atoms with Gasteiger partial charge in [-0.05, 0) is 24.3 Å². The summed E-state index contributed by atoms with van der Waals surface area (Å²) in [5.74, 6) is 0. The van der Waals surface area contributed by atoms with Crippen molar-refractivity contribution in [3.63, 3.8) is 0 Å². The van der Waals surface area contributed by atoms with E-state index in [0.717, 1.165) is 36.6 Å². The van der Waals surface area contributed by atoms with Crippen LogP contribution in [0.4, 0.5) is 21.3 Å². The maximum atomic E-state index is 12.2. The lowest BCUT2D eigenvalue weighted by Gasteiger charge is -2.31. The molecular formula is C21H20N6OS2. The van der Waals surface area contributed by atoms with Gasteiger partial charge in [0.05, 0.1) is 23.6 Å². The molecule has 0 aliphatic carbocycles. The smallest absolute Gasteiger partial charge is 0.334 e. The predicted octanol–water partition coefficient (Wildman–Crippen LogP) is 4.20. The molecule has 7 nitrogen and oxygen atoms in total. The summed E-state index contributed by atoms with van der Waals surface area (Å²) in [6.45, 7) is 2.28. The number of carbonyl (C=O) groups excluding carboxylic acids is 1. The number of nitrogens with zero attached hydrogens (tertiary/aromatic N) is 3. The fraction of sp³-hybridized carbons (Fsp3) is 0.190. The number of benzene rings is 2. The van der Waals surface area contributed by atoms with Gasteiger partial charge in [0.25, 0.3) is 0 Å². The van der Waals surface area contributed by atoms with Crippen LogP contribution in [0, 0.1) is 0 Å². The highest BCUT2D eigenvalue weighted by Gasteiger charge is 2.22. The Morgan fingerprint density at radius 2 is 1.90 bits per heavy atom. The van der Waals surface area contributed by atoms with Crippen molar-refractivity contribution in [3.05, 3.63) is 59.1 Å². The largest absolute Gasteiger partial charge is 0.341 e. The fourth-order valence-corrected chi connectivity index (χ4v) is 5.58. The third-order valence-corrected chi connectivity index (χ3v) is 7.02. The van der Waals surface area contributed by atoms with Crippen molar-refractivity contribution in [2.45, 2.75) is 22.8 Å². The normalized spacial score (nSPS) is 14.7. The second kappa shape index (κ2) is 8.47. The van der Waals surface area contributed by atoms with Crippen molar-refractivity contribution in [1.82, 2.24) is 15.7 Å². The third-order valence-electron chi connectivity index (χ3n) is 4.88. The van der Waals surface area contributed by atoms with Gasteiger partial charge in [-0.25, -0.2) is 15.2 Å². The molecule has 5 rings (SSSR count). The van der Waals surface area contributed by atoms with Gasteiger partial charge >= 0.3 is 6.03 Å². The number of para-hydroxylation sites is 2. The van der Waals surface area contributed by atoms with Gasteiger partial charge in [0.2, 0.25) is 0 Å². The predicted molar refractivity (Wildman–Crippen MR) is 122 cm³/mol. The van der Waals surface area contributed by atoms with E-state index in [4.69, 9.17) is 0 Å². The quantitative estimate of drug-likeness (QED) is 0.422. The highest BCUT2D eigenvalue weighted by atomic mass is 32.2. The van der Waals surface area contributed by atoms with E-state index in [-0.39, 0.29) is 6.03 Å². The first kappa shape index (κ1) is 19.1. The lowest BCUT2D eigenvalue weighted by atomic mass is 10.2. The highest BCUT2D eigenvalue weighted by Crippen LogP contribution is 2.47. The first-order valence-electron chi connectivity index (χ1n) is 9.69. The van der Waals surface area contributed by atoms with E-state index in [9.17, 15) is 4.79 Å². The Labute approximate surface area is 182 Å². The molecule has 0 atom stereocenters. The molecule has 2 amide bonds. The van der Waals surface area contributed by atoms with Gasteiger partial charge in [-0.3, -0.25) is 5.32 Å². The maximum Gasteiger partial charge on any atom is 0.341 e. The average molecular weight is 437 g/mol. The Bertz CT molecular complexity index is 1040. The number of nitrogens with one attached hydrogen (secondary N) is 3. The van der Waals surface area contributed by atoms with Gasteiger partial charge in [-0.15, -0.1) is 11.3 Å². The van der Waals surface area contributed by atoms with Crippen molar-refractivity contribution in [2.75, 3.05) is 23.3 Å². The van der Waals surface area contributed by atoms with E-state index in [1.807, 2.05) is 24.3 Å². The Morgan fingerprint density at radius 3 is 2.63 bits per heavy atom. The number of rotatable bonds is 4. The van der Waals surface area contributed by atoms with Crippen LogP contribution in [0.5, 0.6) is 0 Å². The molecule has 3 N–H and O–H groups in total. The van der Waals surface area contributed by atoms with E-state index in [1.54, 1.807) is 18.0 Å². The molecule has 3 heterocycles. The molecule has 0 radical (unpaired) electrons. The number of fused-ring (bicyclic) bond motifs is 3. The lowest BCUT2D eigenvalue weighted by Crippen LogP contribution is -2.26. The van der Waals surface area contributed by atoms with Gasteiger partial charge in [0.15, 0.2) is 5.13 Å². The minimum Gasteiger partial charge on any atom is -0.334 e. The molecule has 0 spiro atoms. The van der Waals surface area contributed by atoms with Crippen LogP contribution in [-0.4, -0.2) is 30.3 Å². The average Bonchev–Trinajstić information content (AvgIpc) is 3.18. The minimum absolute atomic E-state index is 0.389. The van der Waals surface area contributed by atoms with Crippen molar-refractivity contribution >= 4 is 51.9 Å². The number of aromatic nitrogens is 1. The Morgan fingerprint density at radius 1 is 1.17 bits per heavy atom. The van der Waals surface area contributed by atoms with Crippen molar-refractivity contribution in [3.8, 4) is 0 Å². The van der Waals surface area contributed by atoms with Crippen LogP contribution in [0.3, 0.4) is 0 Å². The topological polar surface area (TPSA) is 81.7 Å². The summed E-state index contributed by atoms with van der Waals surface area (Å²) in [7, 11) is 0. The van der Waals surface area contributed by atoms with Crippen LogP contribution in [0.25, 0.3) is 0 Å². The molecular weight excluding hydrogens is 416 g/mol. The number of amides is 2. The van der Waals surface area contributed by atoms with Crippen molar-refractivity contribution < 1.29 is 4.79 Å². The first-order chi connectivity index (χ1) is 14.8. The van der Waals surface area contributed by atoms with E-state index in [1.165, 1.54) is 26.0 Å². The molecule has 1 aromatic heterocycles. The van der Waals surface area contributed by atoms with Crippen LogP contribution in [0.2, 0.25) is 0 Å². The Kier molecular flexibility index (Phi) is 5.39. The monoisotopic (exact) mass is 436 g/mol. The molecule has 152 valence electrons. The number of thiazole rings is 1. The summed E-state index contributed by atoms with van der Waals surface area (Å²) < 4.78 is 0. The van der Waals surface area contributed by atoms with Gasteiger partial charge < -0.3 is 10.2 Å². The summed E-state index contributed by atoms with van der Waals surface area (Å²) in [6.07, 6.45) is 2.60. The van der Waals surface area contributed by atoms with Gasteiger partial charge in [0, 0.05) is 40.4 Å². The SMILES string of the molecule is O=C(N/N=C/CN1c2ccccc2Sc2ccccc21)Nc1nc2c(s1)CNCC2. The van der Waals surface area contributed by atoms with Crippen LogP contribution in [0.1, 0.15) is 10.6 Å². The number of hydrogen-bond donors (Lipinski definition) is 3. The number of hydrogen-bond acceptors (Lipinski definition) is 7. The second-order valence-electron chi connectivity index (χ2n) is 6.84. The number of urea groups is 1. The molecule has 3 aromatic rings. The number of anilines is 3. The van der Waals surface area contributed by atoms with Gasteiger partial charge in [-0.2, -0.15) is 5.10 Å². The van der Waals surface area contributed by atoms with Crippen molar-refractivity contribution in [1.29, 1.82) is 0 Å². The molecule has 2 aliphatic rings. The van der Waals surface area contributed by atoms with E-state index in [0.29, 0.717) is 11.7 Å². The van der Waals surface area contributed by atoms with Gasteiger partial charge in [-0.1, -0.05) is 36.0 Å². The zero-order valence-corrected chi connectivity index (χ0v) is 17.7. The summed E-state index contributed by atoms with van der Waals surface area (Å²) in [5.41, 5.74) is 5.88. The molecule has 9 heteroatoms. The standard InChI is InChI=1S/C21H20N6OS2/c28-20(25-21-24-14-9-10-22-13-19(14)30-21)26-23-11-12-27-15-5-1-3-7-17(15)29-18-8-4-2-6-16(18)27/h1-8,11,22H,9-10,12-13H2,(H2,24,25,26,28)/b23-11+.